The number of furan rings is 1. The van der Waals surface area contributed by atoms with E-state index in [2.05, 4.69) is 20.3 Å². The lowest BCUT2D eigenvalue weighted by Gasteiger charge is -2.09. The van der Waals surface area contributed by atoms with Crippen molar-refractivity contribution in [3.05, 3.63) is 47.7 Å². The van der Waals surface area contributed by atoms with E-state index in [1.54, 1.807) is 18.2 Å². The second-order valence-electron chi connectivity index (χ2n) is 4.94. The molecule has 0 aliphatic rings. The SMILES string of the molecule is COc1nc(NC(=O)NS(=O)(=O)c2ccccc2Cl)nc(-c2ccco2)n1. The number of aromatic nitrogens is 3. The Balaban J connectivity index is 1.82. The third kappa shape index (κ3) is 4.33. The minimum absolute atomic E-state index is 0.0280. The van der Waals surface area contributed by atoms with Gasteiger partial charge in [0, 0.05) is 0 Å². The maximum absolute atomic E-state index is 12.3. The molecule has 0 saturated carbocycles. The fourth-order valence-electron chi connectivity index (χ4n) is 1.99. The maximum Gasteiger partial charge on any atom is 0.335 e. The predicted molar refractivity (Wildman–Crippen MR) is 94.9 cm³/mol. The third-order valence-electron chi connectivity index (χ3n) is 3.12. The van der Waals surface area contributed by atoms with Crippen LogP contribution >= 0.6 is 11.6 Å². The number of benzene rings is 1. The second-order valence-corrected chi connectivity index (χ2v) is 6.99. The van der Waals surface area contributed by atoms with Gasteiger partial charge in [-0.1, -0.05) is 23.7 Å². The molecule has 0 saturated heterocycles. The number of carbonyl (C=O) groups is 1. The first-order valence-electron chi connectivity index (χ1n) is 7.31. The van der Waals surface area contributed by atoms with Crippen LogP contribution in [-0.2, 0) is 10.0 Å². The molecule has 2 aromatic heterocycles. The van der Waals surface area contributed by atoms with E-state index in [4.69, 9.17) is 20.8 Å². The van der Waals surface area contributed by atoms with Crippen molar-refractivity contribution in [3.63, 3.8) is 0 Å². The van der Waals surface area contributed by atoms with E-state index in [1.165, 1.54) is 31.6 Å². The standard InChI is InChI=1S/C15H12ClN5O5S/c1-25-15-18-12(10-6-4-8-26-10)17-13(20-15)19-14(22)21-27(23,24)11-7-3-2-5-9(11)16/h2-8H,1H3,(H2,17,18,19,20,21,22). The van der Waals surface area contributed by atoms with Crippen molar-refractivity contribution >= 4 is 33.6 Å². The molecular weight excluding hydrogens is 398 g/mol. The van der Waals surface area contributed by atoms with Crippen LogP contribution in [0.3, 0.4) is 0 Å². The molecule has 0 atom stereocenters. The van der Waals surface area contributed by atoms with E-state index < -0.39 is 16.1 Å². The molecule has 0 aliphatic heterocycles. The number of anilines is 1. The topological polar surface area (TPSA) is 136 Å². The van der Waals surface area contributed by atoms with Gasteiger partial charge in [-0.3, -0.25) is 5.32 Å². The molecular formula is C15H12ClN5O5S. The molecule has 3 rings (SSSR count). The molecule has 0 radical (unpaired) electrons. The summed E-state index contributed by atoms with van der Waals surface area (Å²) in [4.78, 5) is 23.7. The number of halogens is 1. The van der Waals surface area contributed by atoms with Gasteiger partial charge in [-0.05, 0) is 24.3 Å². The van der Waals surface area contributed by atoms with E-state index in [0.717, 1.165) is 0 Å². The van der Waals surface area contributed by atoms with Gasteiger partial charge in [0.05, 0.1) is 18.4 Å². The molecule has 10 nitrogen and oxygen atoms in total. The van der Waals surface area contributed by atoms with Crippen LogP contribution in [0.25, 0.3) is 11.6 Å². The van der Waals surface area contributed by atoms with Crippen LogP contribution in [0.15, 0.2) is 52.0 Å². The lowest BCUT2D eigenvalue weighted by atomic mass is 10.4. The van der Waals surface area contributed by atoms with Gasteiger partial charge in [-0.25, -0.2) is 17.9 Å². The molecule has 3 aromatic rings. The third-order valence-corrected chi connectivity index (χ3v) is 4.95. The van der Waals surface area contributed by atoms with Crippen molar-refractivity contribution < 1.29 is 22.4 Å². The summed E-state index contributed by atoms with van der Waals surface area (Å²) in [6, 6.07) is 7.73. The number of carbonyl (C=O) groups excluding carboxylic acids is 1. The number of nitrogens with one attached hydrogen (secondary N) is 2. The van der Waals surface area contributed by atoms with E-state index in [0.29, 0.717) is 5.76 Å². The number of ether oxygens (including phenoxy) is 1. The number of methoxy groups -OCH3 is 1. The summed E-state index contributed by atoms with van der Waals surface area (Å²) in [6.45, 7) is 0. The highest BCUT2D eigenvalue weighted by Crippen LogP contribution is 2.21. The lowest BCUT2D eigenvalue weighted by Crippen LogP contribution is -2.35. The Labute approximate surface area is 158 Å². The Morgan fingerprint density at radius 2 is 1.93 bits per heavy atom. The van der Waals surface area contributed by atoms with Crippen LogP contribution in [0.5, 0.6) is 6.01 Å². The molecule has 12 heteroatoms. The Hall–Kier alpha value is -3.18. The molecule has 2 N–H and O–H groups in total. The van der Waals surface area contributed by atoms with Gasteiger partial charge >= 0.3 is 12.0 Å². The van der Waals surface area contributed by atoms with E-state index in [1.807, 2.05) is 4.72 Å². The van der Waals surface area contributed by atoms with Crippen molar-refractivity contribution in [2.24, 2.45) is 0 Å². The smallest absolute Gasteiger partial charge is 0.335 e. The van der Waals surface area contributed by atoms with Crippen molar-refractivity contribution in [3.8, 4) is 17.6 Å². The fraction of sp³-hybridized carbons (Fsp3) is 0.0667. The van der Waals surface area contributed by atoms with Gasteiger partial charge in [0.1, 0.15) is 4.90 Å². The highest BCUT2D eigenvalue weighted by Gasteiger charge is 2.21. The number of hydrogen-bond donors (Lipinski definition) is 2. The molecule has 27 heavy (non-hydrogen) atoms. The van der Waals surface area contributed by atoms with E-state index >= 15 is 0 Å². The van der Waals surface area contributed by atoms with Crippen LogP contribution in [0, 0.1) is 0 Å². The molecule has 0 unspecified atom stereocenters. The summed E-state index contributed by atoms with van der Waals surface area (Å²) in [7, 11) is -2.87. The Morgan fingerprint density at radius 3 is 2.59 bits per heavy atom. The average molecular weight is 410 g/mol. The van der Waals surface area contributed by atoms with Gasteiger partial charge < -0.3 is 9.15 Å². The molecule has 2 heterocycles. The summed E-state index contributed by atoms with van der Waals surface area (Å²) in [6.07, 6.45) is 1.42. The molecule has 0 spiro atoms. The summed E-state index contributed by atoms with van der Waals surface area (Å²) < 4.78 is 36.5. The van der Waals surface area contributed by atoms with Crippen LogP contribution in [-0.4, -0.2) is 36.5 Å². The Morgan fingerprint density at radius 1 is 1.15 bits per heavy atom. The highest BCUT2D eigenvalue weighted by molar-refractivity contribution is 7.90. The lowest BCUT2D eigenvalue weighted by molar-refractivity contribution is 0.256. The van der Waals surface area contributed by atoms with Crippen LogP contribution in [0.4, 0.5) is 10.7 Å². The quantitative estimate of drug-likeness (QED) is 0.654. The second kappa shape index (κ2) is 7.60. The first kappa shape index (κ1) is 18.6. The van der Waals surface area contributed by atoms with Gasteiger partial charge in [-0.2, -0.15) is 15.0 Å². The number of sulfonamides is 1. The normalized spacial score (nSPS) is 11.0. The number of amides is 2. The molecule has 0 bridgehead atoms. The van der Waals surface area contributed by atoms with E-state index in [-0.39, 0.29) is 27.7 Å². The highest BCUT2D eigenvalue weighted by atomic mass is 35.5. The minimum atomic E-state index is -4.19. The molecule has 0 fully saturated rings. The first-order valence-corrected chi connectivity index (χ1v) is 9.17. The first-order chi connectivity index (χ1) is 12.9. The predicted octanol–water partition coefficient (Wildman–Crippen LogP) is 2.30. The summed E-state index contributed by atoms with van der Waals surface area (Å²) >= 11 is 5.86. The van der Waals surface area contributed by atoms with Crippen molar-refractivity contribution in [2.75, 3.05) is 12.4 Å². The van der Waals surface area contributed by atoms with E-state index in [9.17, 15) is 13.2 Å². The monoisotopic (exact) mass is 409 g/mol. The number of nitrogens with zero attached hydrogens (tertiary/aromatic N) is 3. The summed E-state index contributed by atoms with van der Waals surface area (Å²) in [5.41, 5.74) is 0. The Bertz CT molecular complexity index is 1070. The zero-order chi connectivity index (χ0) is 19.4. The van der Waals surface area contributed by atoms with Gasteiger partial charge in [0.25, 0.3) is 10.0 Å². The minimum Gasteiger partial charge on any atom is -0.467 e. The van der Waals surface area contributed by atoms with Crippen LogP contribution in [0.2, 0.25) is 5.02 Å². The summed E-state index contributed by atoms with van der Waals surface area (Å²) in [5.74, 6) is 0.166. The Kier molecular flexibility index (Phi) is 5.23. The molecule has 2 amide bonds. The van der Waals surface area contributed by atoms with Gasteiger partial charge in [-0.15, -0.1) is 0 Å². The van der Waals surface area contributed by atoms with Crippen molar-refractivity contribution in [2.45, 2.75) is 4.90 Å². The molecule has 1 aromatic carbocycles. The summed E-state index contributed by atoms with van der Waals surface area (Å²) in [5, 5.41) is 2.18. The maximum atomic E-state index is 12.3. The average Bonchev–Trinajstić information content (AvgIpc) is 3.15. The fourth-order valence-corrected chi connectivity index (χ4v) is 3.41. The van der Waals surface area contributed by atoms with Crippen LogP contribution in [0.1, 0.15) is 0 Å². The zero-order valence-electron chi connectivity index (χ0n) is 13.7. The van der Waals surface area contributed by atoms with Crippen molar-refractivity contribution in [1.29, 1.82) is 0 Å². The number of urea groups is 1. The molecule has 0 aliphatic carbocycles. The van der Waals surface area contributed by atoms with Crippen molar-refractivity contribution in [1.82, 2.24) is 19.7 Å². The van der Waals surface area contributed by atoms with Crippen LogP contribution < -0.4 is 14.8 Å². The molecule has 140 valence electrons. The van der Waals surface area contributed by atoms with Gasteiger partial charge in [0.15, 0.2) is 5.76 Å². The number of hydrogen-bond acceptors (Lipinski definition) is 8. The largest absolute Gasteiger partial charge is 0.467 e. The van der Waals surface area contributed by atoms with Gasteiger partial charge in [0.2, 0.25) is 11.8 Å². The number of rotatable bonds is 5. The zero-order valence-corrected chi connectivity index (χ0v) is 15.3.